The molecule has 0 aliphatic heterocycles. The van der Waals surface area contributed by atoms with Gasteiger partial charge in [0.1, 0.15) is 12.7 Å². The molecule has 4 aromatic carbocycles. The highest BCUT2D eigenvalue weighted by Crippen LogP contribution is 2.44. The molecule has 0 saturated carbocycles. The molecular weight excluding hydrogens is 466 g/mol. The van der Waals surface area contributed by atoms with Gasteiger partial charge >= 0.3 is 12.1 Å². The van der Waals surface area contributed by atoms with Crippen molar-refractivity contribution in [2.45, 2.75) is 24.0 Å². The van der Waals surface area contributed by atoms with Crippen LogP contribution in [-0.2, 0) is 16.0 Å². The van der Waals surface area contributed by atoms with E-state index < -0.39 is 23.7 Å². The second kappa shape index (κ2) is 10.3. The van der Waals surface area contributed by atoms with Crippen LogP contribution in [0.5, 0.6) is 0 Å². The normalized spacial score (nSPS) is 14.6. The SMILES string of the molecule is O=C(N[C@](Cc1ccccc1)(C(=O)O)[C@H](O)c1ccccc1)OCC1c2ccccc2-c2ccccc21. The summed E-state index contributed by atoms with van der Waals surface area (Å²) in [5.74, 6) is -1.54. The molecule has 2 atom stereocenters. The maximum absolute atomic E-state index is 13.2. The number of fused-ring (bicyclic) bond motifs is 3. The first-order chi connectivity index (χ1) is 18.0. The first-order valence-electron chi connectivity index (χ1n) is 12.1. The third kappa shape index (κ3) is 4.71. The number of rotatable bonds is 8. The van der Waals surface area contributed by atoms with Crippen molar-refractivity contribution in [3.8, 4) is 11.1 Å². The lowest BCUT2D eigenvalue weighted by molar-refractivity contribution is -0.150. The molecule has 0 bridgehead atoms. The van der Waals surface area contributed by atoms with Crippen LogP contribution in [0.3, 0.4) is 0 Å². The second-order valence-corrected chi connectivity index (χ2v) is 9.20. The topological polar surface area (TPSA) is 95.9 Å². The average Bonchev–Trinajstić information content (AvgIpc) is 3.25. The Morgan fingerprint density at radius 2 is 1.30 bits per heavy atom. The zero-order valence-electron chi connectivity index (χ0n) is 20.1. The van der Waals surface area contributed by atoms with Crippen molar-refractivity contribution in [3.63, 3.8) is 0 Å². The van der Waals surface area contributed by atoms with Gasteiger partial charge in [-0.2, -0.15) is 0 Å². The number of carbonyl (C=O) groups is 2. The minimum absolute atomic E-state index is 0.0301. The standard InChI is InChI=1S/C31H27NO5/c33-28(22-13-5-2-6-14-22)31(29(34)35,19-21-11-3-1-4-12-21)32-30(36)37-20-27-25-17-9-7-15-23(25)24-16-8-10-18-26(24)27/h1-18,27-28,33H,19-20H2,(H,32,36)(H,34,35)/t28-,31+/m1/s1. The number of aliphatic hydroxyl groups excluding tert-OH is 1. The highest BCUT2D eigenvalue weighted by molar-refractivity contribution is 5.86. The third-order valence-corrected chi connectivity index (χ3v) is 6.96. The van der Waals surface area contributed by atoms with Crippen molar-refractivity contribution in [3.05, 3.63) is 131 Å². The maximum Gasteiger partial charge on any atom is 0.408 e. The van der Waals surface area contributed by atoms with Crippen molar-refractivity contribution >= 4 is 12.1 Å². The van der Waals surface area contributed by atoms with Crippen LogP contribution in [0.15, 0.2) is 109 Å². The number of aliphatic carboxylic acids is 1. The van der Waals surface area contributed by atoms with Gasteiger partial charge in [-0.1, -0.05) is 109 Å². The van der Waals surface area contributed by atoms with Gasteiger partial charge in [0.15, 0.2) is 5.54 Å². The van der Waals surface area contributed by atoms with E-state index in [-0.39, 0.29) is 18.9 Å². The quantitative estimate of drug-likeness (QED) is 0.309. The number of nitrogens with one attached hydrogen (secondary N) is 1. The summed E-state index contributed by atoms with van der Waals surface area (Å²) in [6.07, 6.45) is -2.56. The molecule has 0 aromatic heterocycles. The molecule has 1 amide bonds. The Balaban J connectivity index is 1.42. The number of ether oxygens (including phenoxy) is 1. The Morgan fingerprint density at radius 3 is 1.86 bits per heavy atom. The number of aliphatic hydroxyl groups is 1. The average molecular weight is 494 g/mol. The number of benzene rings is 4. The molecule has 6 heteroatoms. The summed E-state index contributed by atoms with van der Waals surface area (Å²) in [4.78, 5) is 25.9. The van der Waals surface area contributed by atoms with Crippen LogP contribution in [0.4, 0.5) is 4.79 Å². The van der Waals surface area contributed by atoms with Gasteiger partial charge in [0, 0.05) is 12.3 Å². The first-order valence-corrected chi connectivity index (χ1v) is 12.1. The van der Waals surface area contributed by atoms with Crippen LogP contribution in [0.1, 0.15) is 34.3 Å². The molecule has 0 spiro atoms. The number of hydrogen-bond donors (Lipinski definition) is 3. The molecule has 3 N–H and O–H groups in total. The van der Waals surface area contributed by atoms with Crippen LogP contribution in [-0.4, -0.2) is 34.4 Å². The molecule has 0 fully saturated rings. The van der Waals surface area contributed by atoms with Gasteiger partial charge in [-0.3, -0.25) is 0 Å². The fraction of sp³-hybridized carbons (Fsp3) is 0.161. The molecule has 0 unspecified atom stereocenters. The maximum atomic E-state index is 13.2. The van der Waals surface area contributed by atoms with Gasteiger partial charge in [0.05, 0.1) is 0 Å². The molecule has 186 valence electrons. The van der Waals surface area contributed by atoms with Crippen molar-refractivity contribution < 1.29 is 24.5 Å². The summed E-state index contributed by atoms with van der Waals surface area (Å²) in [5, 5.41) is 24.2. The Hall–Kier alpha value is -4.42. The number of amides is 1. The predicted molar refractivity (Wildman–Crippen MR) is 140 cm³/mol. The largest absolute Gasteiger partial charge is 0.479 e. The number of hydrogen-bond acceptors (Lipinski definition) is 4. The van der Waals surface area contributed by atoms with Crippen molar-refractivity contribution in [1.29, 1.82) is 0 Å². The van der Waals surface area contributed by atoms with Crippen LogP contribution < -0.4 is 5.32 Å². The van der Waals surface area contributed by atoms with Gasteiger partial charge in [0.25, 0.3) is 0 Å². The summed E-state index contributed by atoms with van der Waals surface area (Å²) in [6.45, 7) is 0.0301. The molecule has 1 aliphatic rings. The van der Waals surface area contributed by atoms with E-state index in [1.165, 1.54) is 0 Å². The summed E-state index contributed by atoms with van der Waals surface area (Å²) < 4.78 is 5.64. The minimum Gasteiger partial charge on any atom is -0.479 e. The van der Waals surface area contributed by atoms with Crippen LogP contribution in [0, 0.1) is 0 Å². The summed E-state index contributed by atoms with van der Waals surface area (Å²) in [5.41, 5.74) is 3.26. The Morgan fingerprint density at radius 1 is 0.784 bits per heavy atom. The van der Waals surface area contributed by atoms with Gasteiger partial charge in [0.2, 0.25) is 0 Å². The first kappa shape index (κ1) is 24.3. The Bertz CT molecular complexity index is 1360. The van der Waals surface area contributed by atoms with Crippen LogP contribution in [0.25, 0.3) is 11.1 Å². The van der Waals surface area contributed by atoms with E-state index in [2.05, 4.69) is 5.32 Å². The van der Waals surface area contributed by atoms with Crippen LogP contribution in [0.2, 0.25) is 0 Å². The molecule has 37 heavy (non-hydrogen) atoms. The molecule has 0 heterocycles. The van der Waals surface area contributed by atoms with Gasteiger partial charge in [-0.15, -0.1) is 0 Å². The van der Waals surface area contributed by atoms with Gasteiger partial charge in [-0.05, 0) is 33.4 Å². The Labute approximate surface area is 215 Å². The van der Waals surface area contributed by atoms with E-state index in [0.29, 0.717) is 11.1 Å². The molecule has 5 rings (SSSR count). The van der Waals surface area contributed by atoms with Gasteiger partial charge < -0.3 is 20.3 Å². The number of alkyl carbamates (subject to hydrolysis) is 1. The zero-order valence-corrected chi connectivity index (χ0v) is 20.1. The highest BCUT2D eigenvalue weighted by Gasteiger charge is 2.48. The zero-order chi connectivity index (χ0) is 25.8. The lowest BCUT2D eigenvalue weighted by atomic mass is 9.82. The molecule has 1 aliphatic carbocycles. The molecule has 4 aromatic rings. The summed E-state index contributed by atoms with van der Waals surface area (Å²) in [6, 6.07) is 33.3. The van der Waals surface area contributed by atoms with E-state index in [9.17, 15) is 19.8 Å². The third-order valence-electron chi connectivity index (χ3n) is 6.96. The van der Waals surface area contributed by atoms with E-state index in [1.54, 1.807) is 54.6 Å². The fourth-order valence-corrected chi connectivity index (χ4v) is 5.11. The number of carboxylic acid groups (broad SMARTS) is 1. The van der Waals surface area contributed by atoms with E-state index in [1.807, 2.05) is 54.6 Å². The summed E-state index contributed by atoms with van der Waals surface area (Å²) in [7, 11) is 0. The highest BCUT2D eigenvalue weighted by atomic mass is 16.5. The van der Waals surface area contributed by atoms with E-state index in [4.69, 9.17) is 4.74 Å². The Kier molecular flexibility index (Phi) is 6.75. The van der Waals surface area contributed by atoms with Crippen molar-refractivity contribution in [2.24, 2.45) is 0 Å². The molecular formula is C31H27NO5. The number of carbonyl (C=O) groups excluding carboxylic acids is 1. The second-order valence-electron chi connectivity index (χ2n) is 9.20. The van der Waals surface area contributed by atoms with Crippen molar-refractivity contribution in [1.82, 2.24) is 5.32 Å². The number of carboxylic acids is 1. The monoisotopic (exact) mass is 493 g/mol. The van der Waals surface area contributed by atoms with Crippen LogP contribution >= 0.6 is 0 Å². The molecule has 6 nitrogen and oxygen atoms in total. The summed E-state index contributed by atoms with van der Waals surface area (Å²) >= 11 is 0. The molecule has 0 radical (unpaired) electrons. The fourth-order valence-electron chi connectivity index (χ4n) is 5.11. The van der Waals surface area contributed by atoms with E-state index >= 15 is 0 Å². The predicted octanol–water partition coefficient (Wildman–Crippen LogP) is 5.32. The minimum atomic E-state index is -2.05. The lowest BCUT2D eigenvalue weighted by Crippen LogP contribution is -2.60. The lowest BCUT2D eigenvalue weighted by Gasteiger charge is -2.35. The van der Waals surface area contributed by atoms with Crippen molar-refractivity contribution in [2.75, 3.05) is 6.61 Å². The molecule has 0 saturated heterocycles. The smallest absolute Gasteiger partial charge is 0.408 e. The van der Waals surface area contributed by atoms with Gasteiger partial charge in [-0.25, -0.2) is 9.59 Å². The van der Waals surface area contributed by atoms with E-state index in [0.717, 1.165) is 22.3 Å².